The Morgan fingerprint density at radius 2 is 2.29 bits per heavy atom. The molecule has 0 aliphatic heterocycles. The number of aldehydes is 1. The van der Waals surface area contributed by atoms with E-state index in [0.717, 1.165) is 12.0 Å². The Balaban J connectivity index is 2.79. The lowest BCUT2D eigenvalue weighted by atomic mass is 10.2. The molecule has 1 heterocycles. The average molecular weight is 195 g/mol. The molecule has 0 aliphatic rings. The lowest BCUT2D eigenvalue weighted by Crippen LogP contribution is -2.26. The quantitative estimate of drug-likeness (QED) is 0.675. The van der Waals surface area contributed by atoms with E-state index in [1.54, 1.807) is 10.9 Å². The fraction of sp³-hybridized carbons (Fsp3) is 0.600. The molecule has 4 nitrogen and oxygen atoms in total. The van der Waals surface area contributed by atoms with Crippen LogP contribution in [0.25, 0.3) is 0 Å². The SMILES string of the molecule is CC(C)N(C)Cc1nn(C)cc1C=O. The smallest absolute Gasteiger partial charge is 0.153 e. The molecular weight excluding hydrogens is 178 g/mol. The fourth-order valence-corrected chi connectivity index (χ4v) is 1.19. The monoisotopic (exact) mass is 195 g/mol. The molecule has 0 aromatic carbocycles. The van der Waals surface area contributed by atoms with Gasteiger partial charge in [0.25, 0.3) is 0 Å². The molecule has 1 aromatic rings. The Morgan fingerprint density at radius 1 is 1.64 bits per heavy atom. The highest BCUT2D eigenvalue weighted by atomic mass is 16.1. The number of aromatic nitrogens is 2. The normalized spacial score (nSPS) is 11.3. The van der Waals surface area contributed by atoms with Gasteiger partial charge in [0.05, 0.1) is 11.3 Å². The molecular formula is C10H17N3O. The predicted molar refractivity (Wildman–Crippen MR) is 55.2 cm³/mol. The lowest BCUT2D eigenvalue weighted by molar-refractivity contribution is 0.112. The van der Waals surface area contributed by atoms with Crippen molar-refractivity contribution in [1.29, 1.82) is 0 Å². The maximum absolute atomic E-state index is 10.7. The summed E-state index contributed by atoms with van der Waals surface area (Å²) in [7, 11) is 3.85. The van der Waals surface area contributed by atoms with Crippen LogP contribution in [0.15, 0.2) is 6.20 Å². The molecule has 0 N–H and O–H groups in total. The lowest BCUT2D eigenvalue weighted by Gasteiger charge is -2.19. The van der Waals surface area contributed by atoms with Crippen LogP contribution in [0.5, 0.6) is 0 Å². The molecule has 0 saturated carbocycles. The standard InChI is InChI=1S/C10H17N3O/c1-8(2)12(3)6-10-9(7-14)5-13(4)11-10/h5,7-8H,6H2,1-4H3. The summed E-state index contributed by atoms with van der Waals surface area (Å²) in [6.07, 6.45) is 2.60. The number of carbonyl (C=O) groups excluding carboxylic acids is 1. The number of aryl methyl sites for hydroxylation is 1. The fourth-order valence-electron chi connectivity index (χ4n) is 1.19. The van der Waals surface area contributed by atoms with Crippen LogP contribution in [0, 0.1) is 0 Å². The highest BCUT2D eigenvalue weighted by Gasteiger charge is 2.11. The van der Waals surface area contributed by atoms with Crippen molar-refractivity contribution in [3.05, 3.63) is 17.5 Å². The summed E-state index contributed by atoms with van der Waals surface area (Å²) in [6.45, 7) is 4.94. The molecule has 0 unspecified atom stereocenters. The Hall–Kier alpha value is -1.16. The molecule has 1 rings (SSSR count). The zero-order valence-corrected chi connectivity index (χ0v) is 9.19. The van der Waals surface area contributed by atoms with Gasteiger partial charge in [0.2, 0.25) is 0 Å². The van der Waals surface area contributed by atoms with Crippen LogP contribution in [-0.2, 0) is 13.6 Å². The summed E-state index contributed by atoms with van der Waals surface area (Å²) in [5, 5.41) is 4.25. The van der Waals surface area contributed by atoms with E-state index in [2.05, 4.69) is 23.8 Å². The second kappa shape index (κ2) is 4.37. The van der Waals surface area contributed by atoms with Crippen molar-refractivity contribution in [1.82, 2.24) is 14.7 Å². The van der Waals surface area contributed by atoms with Gasteiger partial charge in [-0.2, -0.15) is 5.10 Å². The van der Waals surface area contributed by atoms with E-state index >= 15 is 0 Å². The highest BCUT2D eigenvalue weighted by Crippen LogP contribution is 2.08. The van der Waals surface area contributed by atoms with Crippen molar-refractivity contribution in [2.24, 2.45) is 7.05 Å². The third-order valence-corrected chi connectivity index (χ3v) is 2.35. The van der Waals surface area contributed by atoms with Gasteiger partial charge < -0.3 is 0 Å². The summed E-state index contributed by atoms with van der Waals surface area (Å²) >= 11 is 0. The van der Waals surface area contributed by atoms with Gasteiger partial charge in [0, 0.05) is 25.8 Å². The minimum Gasteiger partial charge on any atom is -0.298 e. The van der Waals surface area contributed by atoms with Crippen LogP contribution in [-0.4, -0.2) is 34.1 Å². The van der Waals surface area contributed by atoms with E-state index in [-0.39, 0.29) is 0 Å². The van der Waals surface area contributed by atoms with Crippen molar-refractivity contribution in [3.63, 3.8) is 0 Å². The Bertz CT molecular complexity index is 317. The molecule has 4 heteroatoms. The Labute approximate surface area is 84.5 Å². The number of nitrogens with zero attached hydrogens (tertiary/aromatic N) is 3. The van der Waals surface area contributed by atoms with Gasteiger partial charge in [-0.25, -0.2) is 0 Å². The molecule has 0 saturated heterocycles. The van der Waals surface area contributed by atoms with Gasteiger partial charge >= 0.3 is 0 Å². The molecule has 0 bridgehead atoms. The topological polar surface area (TPSA) is 38.1 Å². The minimum absolute atomic E-state index is 0.455. The summed E-state index contributed by atoms with van der Waals surface area (Å²) < 4.78 is 1.67. The van der Waals surface area contributed by atoms with Gasteiger partial charge in [-0.3, -0.25) is 14.4 Å². The first-order chi connectivity index (χ1) is 6.54. The second-order valence-electron chi connectivity index (χ2n) is 3.83. The molecule has 78 valence electrons. The second-order valence-corrected chi connectivity index (χ2v) is 3.83. The van der Waals surface area contributed by atoms with E-state index < -0.39 is 0 Å². The van der Waals surface area contributed by atoms with Crippen molar-refractivity contribution in [3.8, 4) is 0 Å². The molecule has 0 amide bonds. The van der Waals surface area contributed by atoms with E-state index in [9.17, 15) is 4.79 Å². The van der Waals surface area contributed by atoms with E-state index in [1.807, 2.05) is 14.1 Å². The molecule has 0 spiro atoms. The summed E-state index contributed by atoms with van der Waals surface area (Å²) in [5.41, 5.74) is 1.53. The van der Waals surface area contributed by atoms with Crippen LogP contribution >= 0.6 is 0 Å². The number of hydrogen-bond acceptors (Lipinski definition) is 3. The van der Waals surface area contributed by atoms with Gasteiger partial charge in [0.1, 0.15) is 0 Å². The first kappa shape index (κ1) is 10.9. The van der Waals surface area contributed by atoms with Crippen LogP contribution in [0.1, 0.15) is 29.9 Å². The Kier molecular flexibility index (Phi) is 3.41. The van der Waals surface area contributed by atoms with Gasteiger partial charge in [0.15, 0.2) is 6.29 Å². The summed E-state index contributed by atoms with van der Waals surface area (Å²) in [5.74, 6) is 0. The van der Waals surface area contributed by atoms with E-state index in [4.69, 9.17) is 0 Å². The molecule has 0 radical (unpaired) electrons. The van der Waals surface area contributed by atoms with E-state index in [0.29, 0.717) is 18.2 Å². The van der Waals surface area contributed by atoms with Crippen molar-refractivity contribution >= 4 is 6.29 Å². The average Bonchev–Trinajstić information content (AvgIpc) is 2.45. The number of rotatable bonds is 4. The molecule has 14 heavy (non-hydrogen) atoms. The van der Waals surface area contributed by atoms with Crippen LogP contribution in [0.2, 0.25) is 0 Å². The van der Waals surface area contributed by atoms with Crippen molar-refractivity contribution < 1.29 is 4.79 Å². The van der Waals surface area contributed by atoms with E-state index in [1.165, 1.54) is 0 Å². The molecule has 0 aliphatic carbocycles. The maximum Gasteiger partial charge on any atom is 0.153 e. The predicted octanol–water partition coefficient (Wildman–Crippen LogP) is 1.07. The minimum atomic E-state index is 0.455. The number of hydrogen-bond donors (Lipinski definition) is 0. The summed E-state index contributed by atoms with van der Waals surface area (Å²) in [4.78, 5) is 12.9. The van der Waals surface area contributed by atoms with Gasteiger partial charge in [-0.05, 0) is 20.9 Å². The zero-order chi connectivity index (χ0) is 10.7. The molecule has 0 atom stereocenters. The largest absolute Gasteiger partial charge is 0.298 e. The van der Waals surface area contributed by atoms with Crippen LogP contribution < -0.4 is 0 Å². The van der Waals surface area contributed by atoms with Gasteiger partial charge in [-0.1, -0.05) is 0 Å². The van der Waals surface area contributed by atoms with Crippen LogP contribution in [0.3, 0.4) is 0 Å². The third kappa shape index (κ3) is 2.42. The van der Waals surface area contributed by atoms with Crippen molar-refractivity contribution in [2.75, 3.05) is 7.05 Å². The Morgan fingerprint density at radius 3 is 2.79 bits per heavy atom. The van der Waals surface area contributed by atoms with Crippen molar-refractivity contribution in [2.45, 2.75) is 26.4 Å². The highest BCUT2D eigenvalue weighted by molar-refractivity contribution is 5.75. The molecule has 0 fully saturated rings. The van der Waals surface area contributed by atoms with Crippen LogP contribution in [0.4, 0.5) is 0 Å². The third-order valence-electron chi connectivity index (χ3n) is 2.35. The first-order valence-electron chi connectivity index (χ1n) is 4.72. The maximum atomic E-state index is 10.7. The number of carbonyl (C=O) groups is 1. The first-order valence-corrected chi connectivity index (χ1v) is 4.72. The zero-order valence-electron chi connectivity index (χ0n) is 9.19. The molecule has 1 aromatic heterocycles. The van der Waals surface area contributed by atoms with Gasteiger partial charge in [-0.15, -0.1) is 0 Å². The summed E-state index contributed by atoms with van der Waals surface area (Å²) in [6, 6.07) is 0.455.